The van der Waals surface area contributed by atoms with Gasteiger partial charge in [0.05, 0.1) is 6.10 Å². The summed E-state index contributed by atoms with van der Waals surface area (Å²) in [6.45, 7) is 5.08. The molecule has 2 rings (SSSR count). The molecule has 0 bridgehead atoms. The number of rotatable bonds is 6. The van der Waals surface area contributed by atoms with Crippen molar-refractivity contribution < 1.29 is 9.84 Å². The quantitative estimate of drug-likeness (QED) is 0.821. The lowest BCUT2D eigenvalue weighted by molar-refractivity contribution is 0.145. The number of aliphatic hydroxyl groups is 1. The minimum atomic E-state index is -0.177. The van der Waals surface area contributed by atoms with Crippen LogP contribution in [0.2, 0.25) is 0 Å². The fourth-order valence-electron chi connectivity index (χ4n) is 2.28. The lowest BCUT2D eigenvalue weighted by Gasteiger charge is -2.30. The second-order valence-corrected chi connectivity index (χ2v) is 5.11. The van der Waals surface area contributed by atoms with Crippen LogP contribution in [0, 0.1) is 0 Å². The van der Waals surface area contributed by atoms with Crippen molar-refractivity contribution in [1.29, 1.82) is 0 Å². The van der Waals surface area contributed by atoms with E-state index in [0.29, 0.717) is 12.4 Å². The Morgan fingerprint density at radius 2 is 2.15 bits per heavy atom. The van der Waals surface area contributed by atoms with E-state index in [1.54, 1.807) is 7.11 Å². The van der Waals surface area contributed by atoms with Gasteiger partial charge in [0.1, 0.15) is 18.2 Å². The monoisotopic (exact) mass is 280 g/mol. The molecule has 1 fully saturated rings. The molecule has 0 saturated carbocycles. The van der Waals surface area contributed by atoms with Gasteiger partial charge in [-0.25, -0.2) is 9.97 Å². The van der Waals surface area contributed by atoms with Crippen LogP contribution in [0.5, 0.6) is 0 Å². The lowest BCUT2D eigenvalue weighted by Crippen LogP contribution is -2.36. The minimum Gasteiger partial charge on any atom is -0.393 e. The summed E-state index contributed by atoms with van der Waals surface area (Å²) >= 11 is 0. The molecule has 1 aliphatic rings. The second-order valence-electron chi connectivity index (χ2n) is 5.11. The van der Waals surface area contributed by atoms with Gasteiger partial charge in [-0.1, -0.05) is 6.92 Å². The van der Waals surface area contributed by atoms with E-state index in [1.807, 2.05) is 6.07 Å². The van der Waals surface area contributed by atoms with E-state index in [1.165, 1.54) is 0 Å². The first kappa shape index (κ1) is 15.0. The average molecular weight is 280 g/mol. The molecule has 6 heteroatoms. The van der Waals surface area contributed by atoms with Crippen molar-refractivity contribution in [3.63, 3.8) is 0 Å². The summed E-state index contributed by atoms with van der Waals surface area (Å²) in [4.78, 5) is 11.2. The number of ether oxygens (including phenoxy) is 1. The molecule has 0 unspecified atom stereocenters. The molecule has 1 aromatic rings. The summed E-state index contributed by atoms with van der Waals surface area (Å²) in [5.41, 5.74) is 0. The minimum absolute atomic E-state index is 0.177. The van der Waals surface area contributed by atoms with Gasteiger partial charge in [-0.3, -0.25) is 0 Å². The first-order valence-electron chi connectivity index (χ1n) is 7.26. The zero-order valence-corrected chi connectivity index (χ0v) is 12.3. The molecular weight excluding hydrogens is 256 g/mol. The van der Waals surface area contributed by atoms with Gasteiger partial charge in [-0.15, -0.1) is 0 Å². The number of nitrogens with one attached hydrogen (secondary N) is 1. The van der Waals surface area contributed by atoms with E-state index in [2.05, 4.69) is 27.1 Å². The van der Waals surface area contributed by atoms with Gasteiger partial charge in [-0.2, -0.15) is 0 Å². The normalized spacial score (nSPS) is 16.4. The van der Waals surface area contributed by atoms with E-state index in [4.69, 9.17) is 4.74 Å². The van der Waals surface area contributed by atoms with Crippen LogP contribution in [0.1, 0.15) is 32.0 Å². The molecule has 1 saturated heterocycles. The second kappa shape index (κ2) is 7.40. The van der Waals surface area contributed by atoms with Crippen LogP contribution in [0.25, 0.3) is 0 Å². The smallest absolute Gasteiger partial charge is 0.158 e. The highest BCUT2D eigenvalue weighted by Crippen LogP contribution is 2.21. The Balaban J connectivity index is 2.15. The number of hydrogen-bond donors (Lipinski definition) is 2. The third-order valence-corrected chi connectivity index (χ3v) is 3.38. The molecular formula is C14H24N4O2. The van der Waals surface area contributed by atoms with Crippen molar-refractivity contribution in [3.8, 4) is 0 Å². The molecule has 0 amide bonds. The van der Waals surface area contributed by atoms with Gasteiger partial charge < -0.3 is 20.1 Å². The highest BCUT2D eigenvalue weighted by atomic mass is 16.5. The molecule has 0 aliphatic carbocycles. The van der Waals surface area contributed by atoms with Gasteiger partial charge in [0.15, 0.2) is 5.82 Å². The van der Waals surface area contributed by atoms with Crippen LogP contribution < -0.4 is 10.2 Å². The van der Waals surface area contributed by atoms with E-state index < -0.39 is 0 Å². The lowest BCUT2D eigenvalue weighted by atomic mass is 10.1. The number of anilines is 2. The van der Waals surface area contributed by atoms with Crippen molar-refractivity contribution in [2.75, 3.05) is 37.0 Å². The topological polar surface area (TPSA) is 70.5 Å². The Morgan fingerprint density at radius 3 is 2.80 bits per heavy atom. The summed E-state index contributed by atoms with van der Waals surface area (Å²) in [6.07, 6.45) is 2.46. The molecule has 2 heterocycles. The highest BCUT2D eigenvalue weighted by molar-refractivity contribution is 5.49. The summed E-state index contributed by atoms with van der Waals surface area (Å²) in [6, 6.07) is 1.98. The van der Waals surface area contributed by atoms with Crippen LogP contribution >= 0.6 is 0 Å². The third kappa shape index (κ3) is 4.05. The van der Waals surface area contributed by atoms with Crippen molar-refractivity contribution in [1.82, 2.24) is 9.97 Å². The Morgan fingerprint density at radius 1 is 1.40 bits per heavy atom. The van der Waals surface area contributed by atoms with Crippen LogP contribution in [0.15, 0.2) is 6.07 Å². The number of aromatic nitrogens is 2. The molecule has 6 nitrogen and oxygen atoms in total. The fourth-order valence-corrected chi connectivity index (χ4v) is 2.28. The number of piperidine rings is 1. The number of methoxy groups -OCH3 is 1. The van der Waals surface area contributed by atoms with Gasteiger partial charge in [0, 0.05) is 32.8 Å². The van der Waals surface area contributed by atoms with Gasteiger partial charge in [-0.05, 0) is 19.3 Å². The Bertz CT molecular complexity index is 420. The summed E-state index contributed by atoms with van der Waals surface area (Å²) in [5, 5.41) is 12.9. The largest absolute Gasteiger partial charge is 0.393 e. The van der Waals surface area contributed by atoms with E-state index >= 15 is 0 Å². The van der Waals surface area contributed by atoms with Gasteiger partial charge >= 0.3 is 0 Å². The molecule has 1 aliphatic heterocycles. The highest BCUT2D eigenvalue weighted by Gasteiger charge is 2.19. The summed E-state index contributed by atoms with van der Waals surface area (Å²) in [7, 11) is 1.65. The number of aliphatic hydroxyl groups excluding tert-OH is 1. The zero-order chi connectivity index (χ0) is 14.4. The first-order chi connectivity index (χ1) is 9.72. The molecule has 0 aromatic carbocycles. The zero-order valence-electron chi connectivity index (χ0n) is 12.3. The van der Waals surface area contributed by atoms with Crippen molar-refractivity contribution >= 4 is 11.6 Å². The summed E-state index contributed by atoms with van der Waals surface area (Å²) < 4.78 is 5.14. The Labute approximate surface area is 120 Å². The Hall–Kier alpha value is -1.40. The molecule has 0 spiro atoms. The standard InChI is InChI=1S/C14H24N4O2/c1-3-6-15-12-9-14(17-13(16-12)10-20-2)18-7-4-11(19)5-8-18/h9,11,19H,3-8,10H2,1-2H3,(H,15,16,17). The van der Waals surface area contributed by atoms with E-state index in [-0.39, 0.29) is 6.10 Å². The number of nitrogens with zero attached hydrogens (tertiary/aromatic N) is 3. The van der Waals surface area contributed by atoms with Crippen LogP contribution in [0.3, 0.4) is 0 Å². The number of hydrogen-bond acceptors (Lipinski definition) is 6. The van der Waals surface area contributed by atoms with Crippen LogP contribution in [-0.4, -0.2) is 47.9 Å². The van der Waals surface area contributed by atoms with Crippen molar-refractivity contribution in [2.24, 2.45) is 0 Å². The van der Waals surface area contributed by atoms with E-state index in [0.717, 1.165) is 50.5 Å². The molecule has 112 valence electrons. The maximum absolute atomic E-state index is 9.59. The third-order valence-electron chi connectivity index (χ3n) is 3.38. The van der Waals surface area contributed by atoms with Crippen LogP contribution in [0.4, 0.5) is 11.6 Å². The molecule has 0 atom stereocenters. The predicted octanol–water partition coefficient (Wildman–Crippen LogP) is 1.41. The molecule has 0 radical (unpaired) electrons. The predicted molar refractivity (Wildman–Crippen MR) is 79.0 cm³/mol. The van der Waals surface area contributed by atoms with Crippen molar-refractivity contribution in [2.45, 2.75) is 38.9 Å². The fraction of sp³-hybridized carbons (Fsp3) is 0.714. The molecule has 1 aromatic heterocycles. The van der Waals surface area contributed by atoms with Crippen LogP contribution in [-0.2, 0) is 11.3 Å². The SMILES string of the molecule is CCCNc1cc(N2CCC(O)CC2)nc(COC)n1. The molecule has 2 N–H and O–H groups in total. The van der Waals surface area contributed by atoms with Crippen molar-refractivity contribution in [3.05, 3.63) is 11.9 Å². The maximum Gasteiger partial charge on any atom is 0.158 e. The molecule has 20 heavy (non-hydrogen) atoms. The summed E-state index contributed by atoms with van der Waals surface area (Å²) in [5.74, 6) is 2.45. The maximum atomic E-state index is 9.59. The average Bonchev–Trinajstić information content (AvgIpc) is 2.46. The first-order valence-corrected chi connectivity index (χ1v) is 7.26. The van der Waals surface area contributed by atoms with Gasteiger partial charge in [0.25, 0.3) is 0 Å². The van der Waals surface area contributed by atoms with Gasteiger partial charge in [0.2, 0.25) is 0 Å². The van der Waals surface area contributed by atoms with E-state index in [9.17, 15) is 5.11 Å². The Kier molecular flexibility index (Phi) is 5.55.